The van der Waals surface area contributed by atoms with E-state index in [1.165, 1.54) is 11.8 Å². The van der Waals surface area contributed by atoms with Crippen molar-refractivity contribution in [2.24, 2.45) is 0 Å². The Morgan fingerprint density at radius 3 is 2.62 bits per heavy atom. The van der Waals surface area contributed by atoms with Crippen LogP contribution in [0.1, 0.15) is 37.0 Å². The van der Waals surface area contributed by atoms with Crippen molar-refractivity contribution in [2.45, 2.75) is 45.5 Å². The molecule has 29 heavy (non-hydrogen) atoms. The predicted molar refractivity (Wildman–Crippen MR) is 122 cm³/mol. The van der Waals surface area contributed by atoms with Crippen LogP contribution in [0.3, 0.4) is 0 Å². The van der Waals surface area contributed by atoms with Crippen molar-refractivity contribution in [3.63, 3.8) is 0 Å². The zero-order valence-electron chi connectivity index (χ0n) is 17.3. The van der Waals surface area contributed by atoms with E-state index in [1.807, 2.05) is 62.4 Å². The Kier molecular flexibility index (Phi) is 9.55. The number of rotatable bonds is 10. The van der Waals surface area contributed by atoms with Crippen LogP contribution < -0.4 is 5.32 Å². The molecule has 6 heteroatoms. The molecular weight excluding hydrogens is 404 g/mol. The zero-order chi connectivity index (χ0) is 21.2. The number of thioether (sulfide) groups is 1. The fourth-order valence-electron chi connectivity index (χ4n) is 2.92. The molecule has 0 radical (unpaired) electrons. The van der Waals surface area contributed by atoms with Crippen LogP contribution in [-0.2, 0) is 21.9 Å². The van der Waals surface area contributed by atoms with Crippen molar-refractivity contribution in [3.05, 3.63) is 70.2 Å². The summed E-state index contributed by atoms with van der Waals surface area (Å²) < 4.78 is 0. The molecular formula is C23H29ClN2O2S. The summed E-state index contributed by atoms with van der Waals surface area (Å²) in [6.07, 6.45) is 0.861. The maximum absolute atomic E-state index is 13.0. The number of hydrogen-bond donors (Lipinski definition) is 1. The summed E-state index contributed by atoms with van der Waals surface area (Å²) in [5.41, 5.74) is 3.24. The average Bonchev–Trinajstić information content (AvgIpc) is 2.71. The molecule has 0 heterocycles. The van der Waals surface area contributed by atoms with Crippen LogP contribution in [0.2, 0.25) is 5.02 Å². The third kappa shape index (κ3) is 7.41. The molecule has 2 aromatic carbocycles. The second-order valence-electron chi connectivity index (χ2n) is 7.04. The van der Waals surface area contributed by atoms with Gasteiger partial charge < -0.3 is 10.2 Å². The second kappa shape index (κ2) is 11.9. The van der Waals surface area contributed by atoms with Gasteiger partial charge in [-0.25, -0.2) is 0 Å². The first-order valence-corrected chi connectivity index (χ1v) is 11.4. The standard InChI is InChI=1S/C23H29ClN2O2S/c1-4-12-25-23(28)18(3)26(14-20-10-6-5-8-17(20)2)22(27)16-29-15-19-9-7-11-21(24)13-19/h5-11,13,18H,4,12,14-16H2,1-3H3,(H,25,28). The summed E-state index contributed by atoms with van der Waals surface area (Å²) in [5, 5.41) is 3.59. The van der Waals surface area contributed by atoms with Gasteiger partial charge in [-0.1, -0.05) is 54.9 Å². The molecule has 156 valence electrons. The van der Waals surface area contributed by atoms with Gasteiger partial charge in [0.05, 0.1) is 5.75 Å². The van der Waals surface area contributed by atoms with E-state index in [4.69, 9.17) is 11.6 Å². The van der Waals surface area contributed by atoms with Crippen LogP contribution in [0.5, 0.6) is 0 Å². The first-order valence-electron chi connectivity index (χ1n) is 9.86. The van der Waals surface area contributed by atoms with E-state index in [9.17, 15) is 9.59 Å². The van der Waals surface area contributed by atoms with Gasteiger partial charge in [0.15, 0.2) is 0 Å². The number of nitrogens with one attached hydrogen (secondary N) is 1. The average molecular weight is 433 g/mol. The van der Waals surface area contributed by atoms with E-state index in [0.29, 0.717) is 29.6 Å². The van der Waals surface area contributed by atoms with Gasteiger partial charge in [0.25, 0.3) is 0 Å². The van der Waals surface area contributed by atoms with Crippen LogP contribution in [0.4, 0.5) is 0 Å². The van der Waals surface area contributed by atoms with Gasteiger partial charge in [0, 0.05) is 23.9 Å². The number of halogens is 1. The highest BCUT2D eigenvalue weighted by Gasteiger charge is 2.26. The molecule has 1 atom stereocenters. The highest BCUT2D eigenvalue weighted by atomic mass is 35.5. The summed E-state index contributed by atoms with van der Waals surface area (Å²) in [6, 6.07) is 15.1. The van der Waals surface area contributed by atoms with E-state index in [-0.39, 0.29) is 11.8 Å². The minimum Gasteiger partial charge on any atom is -0.354 e. The van der Waals surface area contributed by atoms with Crippen molar-refractivity contribution in [2.75, 3.05) is 12.3 Å². The first kappa shape index (κ1) is 23.3. The fraction of sp³-hybridized carbons (Fsp3) is 0.391. The van der Waals surface area contributed by atoms with Crippen LogP contribution in [0, 0.1) is 6.92 Å². The van der Waals surface area contributed by atoms with Gasteiger partial charge in [0.2, 0.25) is 11.8 Å². The quantitative estimate of drug-likeness (QED) is 0.585. The van der Waals surface area contributed by atoms with Crippen LogP contribution in [-0.4, -0.2) is 35.1 Å². The summed E-state index contributed by atoms with van der Waals surface area (Å²) in [6.45, 7) is 6.85. The Balaban J connectivity index is 2.07. The molecule has 2 rings (SSSR count). The van der Waals surface area contributed by atoms with Gasteiger partial charge in [-0.3, -0.25) is 9.59 Å². The Hall–Kier alpha value is -1.98. The lowest BCUT2D eigenvalue weighted by molar-refractivity contribution is -0.138. The summed E-state index contributed by atoms with van der Waals surface area (Å²) in [4.78, 5) is 27.2. The highest BCUT2D eigenvalue weighted by molar-refractivity contribution is 7.99. The molecule has 0 bridgehead atoms. The Bertz CT molecular complexity index is 828. The van der Waals surface area contributed by atoms with E-state index in [0.717, 1.165) is 23.1 Å². The van der Waals surface area contributed by atoms with Crippen molar-refractivity contribution in [3.8, 4) is 0 Å². The molecule has 0 aliphatic rings. The zero-order valence-corrected chi connectivity index (χ0v) is 18.9. The molecule has 2 amide bonds. The number of aryl methyl sites for hydroxylation is 1. The number of hydrogen-bond acceptors (Lipinski definition) is 3. The van der Waals surface area contributed by atoms with Crippen LogP contribution in [0.25, 0.3) is 0 Å². The number of carbonyl (C=O) groups is 2. The number of benzene rings is 2. The summed E-state index contributed by atoms with van der Waals surface area (Å²) in [7, 11) is 0. The Labute approximate surface area is 183 Å². The molecule has 1 N–H and O–H groups in total. The lowest BCUT2D eigenvalue weighted by Crippen LogP contribution is -2.48. The maximum atomic E-state index is 13.0. The number of amides is 2. The minimum atomic E-state index is -0.527. The van der Waals surface area contributed by atoms with Gasteiger partial charge >= 0.3 is 0 Å². The van der Waals surface area contributed by atoms with Crippen molar-refractivity contribution in [1.29, 1.82) is 0 Å². The van der Waals surface area contributed by atoms with Gasteiger partial charge in [-0.05, 0) is 49.1 Å². The van der Waals surface area contributed by atoms with Gasteiger partial charge in [-0.2, -0.15) is 0 Å². The smallest absolute Gasteiger partial charge is 0.242 e. The largest absolute Gasteiger partial charge is 0.354 e. The van der Waals surface area contributed by atoms with Crippen molar-refractivity contribution >= 4 is 35.2 Å². The molecule has 0 saturated heterocycles. The SMILES string of the molecule is CCCNC(=O)C(C)N(Cc1ccccc1C)C(=O)CSCc1cccc(Cl)c1. The molecule has 0 fully saturated rings. The van der Waals surface area contributed by atoms with E-state index < -0.39 is 6.04 Å². The molecule has 4 nitrogen and oxygen atoms in total. The molecule has 0 aliphatic carbocycles. The molecule has 0 spiro atoms. The Morgan fingerprint density at radius 2 is 1.93 bits per heavy atom. The minimum absolute atomic E-state index is 0.0422. The third-order valence-corrected chi connectivity index (χ3v) is 5.93. The molecule has 0 aliphatic heterocycles. The normalized spacial score (nSPS) is 11.7. The van der Waals surface area contributed by atoms with E-state index in [2.05, 4.69) is 5.32 Å². The molecule has 0 aromatic heterocycles. The fourth-order valence-corrected chi connectivity index (χ4v) is 3.99. The second-order valence-corrected chi connectivity index (χ2v) is 8.46. The lowest BCUT2D eigenvalue weighted by atomic mass is 10.1. The summed E-state index contributed by atoms with van der Waals surface area (Å²) in [5.74, 6) is 0.845. The predicted octanol–water partition coefficient (Wildman–Crippen LogP) is 4.83. The first-order chi connectivity index (χ1) is 13.9. The van der Waals surface area contributed by atoms with E-state index >= 15 is 0 Å². The highest BCUT2D eigenvalue weighted by Crippen LogP contribution is 2.19. The van der Waals surface area contributed by atoms with Gasteiger partial charge in [0.1, 0.15) is 6.04 Å². The molecule has 0 saturated carbocycles. The monoisotopic (exact) mass is 432 g/mol. The maximum Gasteiger partial charge on any atom is 0.242 e. The topological polar surface area (TPSA) is 49.4 Å². The molecule has 2 aromatic rings. The lowest BCUT2D eigenvalue weighted by Gasteiger charge is -2.29. The third-order valence-electron chi connectivity index (χ3n) is 4.70. The number of carbonyl (C=O) groups excluding carboxylic acids is 2. The van der Waals surface area contributed by atoms with Crippen LogP contribution in [0.15, 0.2) is 48.5 Å². The van der Waals surface area contributed by atoms with Crippen molar-refractivity contribution < 1.29 is 9.59 Å². The van der Waals surface area contributed by atoms with Crippen molar-refractivity contribution in [1.82, 2.24) is 10.2 Å². The van der Waals surface area contributed by atoms with Crippen LogP contribution >= 0.6 is 23.4 Å². The van der Waals surface area contributed by atoms with Gasteiger partial charge in [-0.15, -0.1) is 11.8 Å². The summed E-state index contributed by atoms with van der Waals surface area (Å²) >= 11 is 7.56. The molecule has 1 unspecified atom stereocenters. The van der Waals surface area contributed by atoms with E-state index in [1.54, 1.807) is 11.8 Å². The number of nitrogens with zero attached hydrogens (tertiary/aromatic N) is 1. The Morgan fingerprint density at radius 1 is 1.17 bits per heavy atom.